The second-order valence-corrected chi connectivity index (χ2v) is 6.93. The molecule has 0 aliphatic heterocycles. The van der Waals surface area contributed by atoms with Crippen LogP contribution >= 0.6 is 15.9 Å². The molecular formula is C21H20BrNO3. The molecule has 0 bridgehead atoms. The molecule has 0 fully saturated rings. The molecule has 0 amide bonds. The fourth-order valence-corrected chi connectivity index (χ4v) is 3.59. The Kier molecular flexibility index (Phi) is 5.78. The normalized spacial score (nSPS) is 10.7. The Hall–Kier alpha value is -2.53. The summed E-state index contributed by atoms with van der Waals surface area (Å²) in [5, 5.41) is 14.8. The number of hydrogen-bond acceptors (Lipinski definition) is 3. The first-order valence-corrected chi connectivity index (χ1v) is 9.23. The number of halogens is 1. The maximum Gasteiger partial charge on any atom is 0.337 e. The highest BCUT2D eigenvalue weighted by atomic mass is 79.9. The monoisotopic (exact) mass is 413 g/mol. The summed E-state index contributed by atoms with van der Waals surface area (Å²) in [5.41, 5.74) is 1.78. The molecule has 5 heteroatoms. The van der Waals surface area contributed by atoms with E-state index >= 15 is 0 Å². The van der Waals surface area contributed by atoms with Crippen LogP contribution in [0.5, 0.6) is 5.75 Å². The van der Waals surface area contributed by atoms with E-state index in [1.165, 1.54) is 0 Å². The van der Waals surface area contributed by atoms with Gasteiger partial charge in [-0.2, -0.15) is 0 Å². The largest absolute Gasteiger partial charge is 0.493 e. The topological polar surface area (TPSA) is 58.6 Å². The molecule has 0 unspecified atom stereocenters. The van der Waals surface area contributed by atoms with Crippen LogP contribution < -0.4 is 10.1 Å². The molecule has 0 radical (unpaired) electrons. The van der Waals surface area contributed by atoms with Crippen LogP contribution in [0.3, 0.4) is 0 Å². The summed E-state index contributed by atoms with van der Waals surface area (Å²) in [5.74, 6) is -0.0743. The summed E-state index contributed by atoms with van der Waals surface area (Å²) < 4.78 is 6.67. The summed E-state index contributed by atoms with van der Waals surface area (Å²) >= 11 is 3.44. The van der Waals surface area contributed by atoms with Crippen molar-refractivity contribution < 1.29 is 14.6 Å². The molecule has 0 saturated heterocycles. The number of ether oxygens (including phenoxy) is 1. The summed E-state index contributed by atoms with van der Waals surface area (Å²) in [6, 6.07) is 17.7. The average molecular weight is 414 g/mol. The van der Waals surface area contributed by atoms with Gasteiger partial charge in [-0.15, -0.1) is 0 Å². The first-order valence-electron chi connectivity index (χ1n) is 8.44. The fraction of sp³-hybridized carbons (Fsp3) is 0.190. The number of benzene rings is 3. The molecule has 0 aromatic heterocycles. The standard InChI is InChI=1S/C21H20BrNO3/c1-14-12-17(21(24)25)20(18(22)13-14)23-10-5-11-26-19-9-4-7-15-6-2-3-8-16(15)19/h2-4,6-9,12-13,23H,5,10-11H2,1H3,(H,24,25). The van der Waals surface area contributed by atoms with Gasteiger partial charge in [0.25, 0.3) is 0 Å². The molecular weight excluding hydrogens is 394 g/mol. The second kappa shape index (κ2) is 8.23. The van der Waals surface area contributed by atoms with Crippen LogP contribution in [0.1, 0.15) is 22.3 Å². The van der Waals surface area contributed by atoms with Crippen molar-refractivity contribution in [3.8, 4) is 5.75 Å². The van der Waals surface area contributed by atoms with Crippen LogP contribution in [0.4, 0.5) is 5.69 Å². The van der Waals surface area contributed by atoms with E-state index in [0.717, 1.165) is 33.0 Å². The van der Waals surface area contributed by atoms with E-state index < -0.39 is 5.97 Å². The number of aryl methyl sites for hydroxylation is 1. The first kappa shape index (κ1) is 18.3. The Labute approximate surface area is 160 Å². The molecule has 3 rings (SSSR count). The number of anilines is 1. The molecule has 0 spiro atoms. The Morgan fingerprint density at radius 3 is 2.73 bits per heavy atom. The molecule has 0 heterocycles. The van der Waals surface area contributed by atoms with E-state index in [9.17, 15) is 9.90 Å². The number of carbonyl (C=O) groups is 1. The third-order valence-electron chi connectivity index (χ3n) is 4.10. The zero-order valence-electron chi connectivity index (χ0n) is 14.5. The van der Waals surface area contributed by atoms with Gasteiger partial charge < -0.3 is 15.2 Å². The Balaban J connectivity index is 1.59. The van der Waals surface area contributed by atoms with Gasteiger partial charge in [-0.05, 0) is 58.4 Å². The van der Waals surface area contributed by atoms with Crippen molar-refractivity contribution in [3.05, 3.63) is 70.2 Å². The van der Waals surface area contributed by atoms with Crippen LogP contribution in [-0.2, 0) is 0 Å². The molecule has 4 nitrogen and oxygen atoms in total. The predicted octanol–water partition coefficient (Wildman–Crippen LogP) is 5.49. The van der Waals surface area contributed by atoms with Crippen LogP contribution in [0.2, 0.25) is 0 Å². The number of hydrogen-bond donors (Lipinski definition) is 2. The van der Waals surface area contributed by atoms with Gasteiger partial charge in [0.15, 0.2) is 0 Å². The highest BCUT2D eigenvalue weighted by molar-refractivity contribution is 9.10. The zero-order valence-corrected chi connectivity index (χ0v) is 16.0. The molecule has 134 valence electrons. The number of carboxylic acids is 1. The van der Waals surface area contributed by atoms with E-state index in [-0.39, 0.29) is 5.56 Å². The third-order valence-corrected chi connectivity index (χ3v) is 4.72. The number of nitrogens with one attached hydrogen (secondary N) is 1. The molecule has 3 aromatic rings. The van der Waals surface area contributed by atoms with E-state index in [1.807, 2.05) is 43.3 Å². The van der Waals surface area contributed by atoms with E-state index in [0.29, 0.717) is 18.8 Å². The van der Waals surface area contributed by atoms with Crippen LogP contribution in [0, 0.1) is 6.92 Å². The van der Waals surface area contributed by atoms with E-state index in [1.54, 1.807) is 6.07 Å². The summed E-state index contributed by atoms with van der Waals surface area (Å²) in [6.07, 6.45) is 0.753. The minimum absolute atomic E-state index is 0.270. The van der Waals surface area contributed by atoms with Gasteiger partial charge in [-0.25, -0.2) is 4.79 Å². The van der Waals surface area contributed by atoms with Gasteiger partial charge >= 0.3 is 5.97 Å². The molecule has 26 heavy (non-hydrogen) atoms. The Morgan fingerprint density at radius 1 is 1.15 bits per heavy atom. The summed E-state index contributed by atoms with van der Waals surface area (Å²) in [4.78, 5) is 11.4. The lowest BCUT2D eigenvalue weighted by Gasteiger charge is -2.13. The number of carboxylic acid groups (broad SMARTS) is 1. The third kappa shape index (κ3) is 4.17. The molecule has 0 aliphatic carbocycles. The number of rotatable bonds is 7. The highest BCUT2D eigenvalue weighted by Crippen LogP contribution is 2.29. The number of aromatic carboxylic acids is 1. The van der Waals surface area contributed by atoms with Crippen LogP contribution in [-0.4, -0.2) is 24.2 Å². The van der Waals surface area contributed by atoms with Gasteiger partial charge in [-0.1, -0.05) is 36.4 Å². The summed E-state index contributed by atoms with van der Waals surface area (Å²) in [7, 11) is 0. The van der Waals surface area contributed by atoms with Crippen molar-refractivity contribution in [3.63, 3.8) is 0 Å². The van der Waals surface area contributed by atoms with Gasteiger partial charge in [0.05, 0.1) is 17.9 Å². The SMILES string of the molecule is Cc1cc(Br)c(NCCCOc2cccc3ccccc23)c(C(=O)O)c1. The van der Waals surface area contributed by atoms with Crippen molar-refractivity contribution in [1.82, 2.24) is 0 Å². The second-order valence-electron chi connectivity index (χ2n) is 6.08. The smallest absolute Gasteiger partial charge is 0.337 e. The minimum atomic E-state index is -0.941. The van der Waals surface area contributed by atoms with Gasteiger partial charge in [-0.3, -0.25) is 0 Å². The number of fused-ring (bicyclic) bond motifs is 1. The van der Waals surface area contributed by atoms with Gasteiger partial charge in [0.2, 0.25) is 0 Å². The Morgan fingerprint density at radius 2 is 1.92 bits per heavy atom. The molecule has 0 aliphatic rings. The zero-order chi connectivity index (χ0) is 18.5. The molecule has 0 saturated carbocycles. The highest BCUT2D eigenvalue weighted by Gasteiger charge is 2.13. The lowest BCUT2D eigenvalue weighted by molar-refractivity contribution is 0.0697. The minimum Gasteiger partial charge on any atom is -0.493 e. The Bertz CT molecular complexity index is 934. The molecule has 2 N–H and O–H groups in total. The van der Waals surface area contributed by atoms with Crippen molar-refractivity contribution in [2.75, 3.05) is 18.5 Å². The first-order chi connectivity index (χ1) is 12.6. The van der Waals surface area contributed by atoms with E-state index in [2.05, 4.69) is 33.4 Å². The van der Waals surface area contributed by atoms with E-state index in [4.69, 9.17) is 4.74 Å². The fourth-order valence-electron chi connectivity index (χ4n) is 2.88. The maximum atomic E-state index is 11.4. The van der Waals surface area contributed by atoms with Crippen molar-refractivity contribution in [2.45, 2.75) is 13.3 Å². The van der Waals surface area contributed by atoms with Crippen molar-refractivity contribution in [2.24, 2.45) is 0 Å². The maximum absolute atomic E-state index is 11.4. The summed E-state index contributed by atoms with van der Waals surface area (Å²) in [6.45, 7) is 3.04. The van der Waals surface area contributed by atoms with Gasteiger partial charge in [0.1, 0.15) is 5.75 Å². The molecule has 3 aromatic carbocycles. The molecule has 0 atom stereocenters. The predicted molar refractivity (Wildman–Crippen MR) is 108 cm³/mol. The van der Waals surface area contributed by atoms with Crippen molar-refractivity contribution >= 4 is 38.4 Å². The average Bonchev–Trinajstić information content (AvgIpc) is 2.62. The van der Waals surface area contributed by atoms with Crippen molar-refractivity contribution in [1.29, 1.82) is 0 Å². The van der Waals surface area contributed by atoms with Crippen LogP contribution in [0.25, 0.3) is 10.8 Å². The lowest BCUT2D eigenvalue weighted by atomic mass is 10.1. The van der Waals surface area contributed by atoms with Crippen LogP contribution in [0.15, 0.2) is 59.1 Å². The van der Waals surface area contributed by atoms with Gasteiger partial charge in [0, 0.05) is 16.4 Å². The lowest BCUT2D eigenvalue weighted by Crippen LogP contribution is -2.11. The quantitative estimate of drug-likeness (QED) is 0.502.